The van der Waals surface area contributed by atoms with E-state index in [1.807, 2.05) is 18.7 Å². The first-order valence-electron chi connectivity index (χ1n) is 12.8. The van der Waals surface area contributed by atoms with Gasteiger partial charge in [-0.3, -0.25) is 4.57 Å². The fraction of sp³-hybridized carbons (Fsp3) is 0.481. The summed E-state index contributed by atoms with van der Waals surface area (Å²) in [6.07, 6.45) is -2.26. The standard InChI is InChI=1S/C27H26ClF5N4OS/c1-13-9-36(10-14(2)34-13)24-16-6-17(27(31,32)33)21(15-7-18(28)20(30)8-19(15)29)23-22(16)37(25(38)35-24)11-26(12-39-23)4-3-5-26/h6-8,13-14,34H,3-5,9-12H2,1-2H3/t13-,14+. The average molecular weight is 585 g/mol. The van der Waals surface area contributed by atoms with Gasteiger partial charge in [-0.25, -0.2) is 13.6 Å². The quantitative estimate of drug-likeness (QED) is 0.276. The zero-order valence-corrected chi connectivity index (χ0v) is 22.8. The molecule has 3 aliphatic rings. The number of thioether (sulfide) groups is 1. The Hall–Kier alpha value is -2.37. The Bertz CT molecular complexity index is 1540. The van der Waals surface area contributed by atoms with Crippen LogP contribution in [0.1, 0.15) is 38.7 Å². The van der Waals surface area contributed by atoms with E-state index in [9.17, 15) is 22.4 Å². The molecule has 0 radical (unpaired) electrons. The van der Waals surface area contributed by atoms with Crippen LogP contribution in [0.25, 0.3) is 22.0 Å². The van der Waals surface area contributed by atoms with Gasteiger partial charge in [0, 0.05) is 64.9 Å². The summed E-state index contributed by atoms with van der Waals surface area (Å²) in [7, 11) is 0. The van der Waals surface area contributed by atoms with Gasteiger partial charge in [0.2, 0.25) is 0 Å². The maximum Gasteiger partial charge on any atom is 0.417 e. The first-order chi connectivity index (χ1) is 18.4. The van der Waals surface area contributed by atoms with Crippen LogP contribution in [0, 0.1) is 17.0 Å². The summed E-state index contributed by atoms with van der Waals surface area (Å²) in [6, 6.07) is 2.41. The van der Waals surface area contributed by atoms with E-state index in [1.54, 1.807) is 0 Å². The monoisotopic (exact) mass is 584 g/mol. The van der Waals surface area contributed by atoms with Crippen LogP contribution in [-0.2, 0) is 12.7 Å². The minimum atomic E-state index is -4.88. The van der Waals surface area contributed by atoms with Gasteiger partial charge in [-0.05, 0) is 44.2 Å². The molecule has 2 aliphatic heterocycles. The van der Waals surface area contributed by atoms with Crippen molar-refractivity contribution in [2.45, 2.75) is 62.8 Å². The predicted molar refractivity (Wildman–Crippen MR) is 143 cm³/mol. The second-order valence-electron chi connectivity index (χ2n) is 11.1. The van der Waals surface area contributed by atoms with Gasteiger partial charge in [-0.2, -0.15) is 18.2 Å². The highest BCUT2D eigenvalue weighted by Gasteiger charge is 2.44. The lowest BCUT2D eigenvalue weighted by atomic mass is 9.70. The van der Waals surface area contributed by atoms with Crippen molar-refractivity contribution in [3.63, 3.8) is 0 Å². The van der Waals surface area contributed by atoms with Crippen LogP contribution in [0.4, 0.5) is 27.8 Å². The van der Waals surface area contributed by atoms with Crippen molar-refractivity contribution in [2.75, 3.05) is 23.7 Å². The number of alkyl halides is 3. The molecule has 5 nitrogen and oxygen atoms in total. The maximum atomic E-state index is 15.2. The molecule has 1 saturated heterocycles. The second kappa shape index (κ2) is 9.34. The number of nitrogens with one attached hydrogen (secondary N) is 1. The van der Waals surface area contributed by atoms with Crippen molar-refractivity contribution in [3.05, 3.63) is 50.9 Å². The van der Waals surface area contributed by atoms with Crippen molar-refractivity contribution < 1.29 is 22.0 Å². The van der Waals surface area contributed by atoms with E-state index < -0.39 is 45.2 Å². The number of hydrogen-bond donors (Lipinski definition) is 1. The Morgan fingerprint density at radius 2 is 1.79 bits per heavy atom. The summed E-state index contributed by atoms with van der Waals surface area (Å²) in [4.78, 5) is 19.9. The molecule has 208 valence electrons. The van der Waals surface area contributed by atoms with E-state index in [0.29, 0.717) is 37.0 Å². The predicted octanol–water partition coefficient (Wildman–Crippen LogP) is 6.48. The first-order valence-corrected chi connectivity index (χ1v) is 14.2. The molecule has 0 bridgehead atoms. The third-order valence-corrected chi connectivity index (χ3v) is 9.80. The van der Waals surface area contributed by atoms with E-state index >= 15 is 4.39 Å². The molecule has 0 unspecified atom stereocenters. The molecular formula is C27H26ClF5N4OS. The van der Waals surface area contributed by atoms with E-state index in [2.05, 4.69) is 10.3 Å². The Morgan fingerprint density at radius 3 is 2.41 bits per heavy atom. The lowest BCUT2D eigenvalue weighted by Crippen LogP contribution is -2.55. The summed E-state index contributed by atoms with van der Waals surface area (Å²) in [5.41, 5.74) is -2.47. The normalized spacial score (nSPS) is 22.7. The number of hydrogen-bond acceptors (Lipinski definition) is 5. The van der Waals surface area contributed by atoms with Crippen molar-refractivity contribution in [2.24, 2.45) is 5.41 Å². The molecule has 1 aliphatic carbocycles. The fourth-order valence-electron chi connectivity index (χ4n) is 6.21. The van der Waals surface area contributed by atoms with Crippen LogP contribution in [-0.4, -0.2) is 40.5 Å². The summed E-state index contributed by atoms with van der Waals surface area (Å²) >= 11 is 7.14. The fourth-order valence-corrected chi connectivity index (χ4v) is 7.93. The zero-order chi connectivity index (χ0) is 27.9. The van der Waals surface area contributed by atoms with E-state index in [-0.39, 0.29) is 33.6 Å². The zero-order valence-electron chi connectivity index (χ0n) is 21.3. The lowest BCUT2D eigenvalue weighted by molar-refractivity contribution is -0.137. The first kappa shape index (κ1) is 26.8. The van der Waals surface area contributed by atoms with Crippen molar-refractivity contribution in [1.82, 2.24) is 14.9 Å². The molecule has 3 aromatic rings. The number of aromatic nitrogens is 2. The molecule has 1 spiro atoms. The molecule has 0 amide bonds. The molecule has 2 fully saturated rings. The van der Waals surface area contributed by atoms with Crippen LogP contribution < -0.4 is 15.9 Å². The van der Waals surface area contributed by atoms with Gasteiger partial charge in [0.15, 0.2) is 0 Å². The molecule has 1 saturated carbocycles. The van der Waals surface area contributed by atoms with Gasteiger partial charge >= 0.3 is 11.9 Å². The van der Waals surface area contributed by atoms with Crippen LogP contribution in [0.2, 0.25) is 5.02 Å². The molecule has 3 heterocycles. The molecule has 39 heavy (non-hydrogen) atoms. The van der Waals surface area contributed by atoms with Gasteiger partial charge < -0.3 is 10.2 Å². The largest absolute Gasteiger partial charge is 0.417 e. The van der Waals surface area contributed by atoms with Gasteiger partial charge in [0.25, 0.3) is 0 Å². The highest BCUT2D eigenvalue weighted by atomic mass is 35.5. The minimum Gasteiger partial charge on any atom is -0.353 e. The molecule has 6 rings (SSSR count). The lowest BCUT2D eigenvalue weighted by Gasteiger charge is -2.41. The Labute approximate surface area is 230 Å². The number of piperazine rings is 1. The average Bonchev–Trinajstić information content (AvgIpc) is 3.01. The summed E-state index contributed by atoms with van der Waals surface area (Å²) in [5.74, 6) is -1.57. The topological polar surface area (TPSA) is 50.2 Å². The van der Waals surface area contributed by atoms with E-state index in [0.717, 1.165) is 31.4 Å². The molecule has 1 aromatic heterocycles. The maximum absolute atomic E-state index is 15.2. The van der Waals surface area contributed by atoms with Crippen LogP contribution >= 0.6 is 23.4 Å². The molecular weight excluding hydrogens is 559 g/mol. The third kappa shape index (κ3) is 4.50. The van der Waals surface area contributed by atoms with Crippen LogP contribution in [0.3, 0.4) is 0 Å². The Morgan fingerprint density at radius 1 is 1.10 bits per heavy atom. The highest BCUT2D eigenvalue weighted by molar-refractivity contribution is 7.99. The smallest absolute Gasteiger partial charge is 0.353 e. The van der Waals surface area contributed by atoms with Crippen LogP contribution in [0.15, 0.2) is 27.9 Å². The second-order valence-corrected chi connectivity index (χ2v) is 12.5. The molecule has 2 atom stereocenters. The number of nitrogens with zero attached hydrogens (tertiary/aromatic N) is 3. The number of rotatable bonds is 2. The Balaban J connectivity index is 1.73. The SMILES string of the molecule is C[C@@H]1CN(c2nc(=O)n3c4c(c(-c5cc(Cl)c(F)cc5F)c(C(F)(F)F)cc24)SCC2(CCC2)C3)C[C@H](C)N1. The Kier molecular flexibility index (Phi) is 6.43. The molecule has 2 aromatic carbocycles. The molecule has 12 heteroatoms. The van der Waals surface area contributed by atoms with E-state index in [1.165, 1.54) is 16.3 Å². The third-order valence-electron chi connectivity index (χ3n) is 8.07. The van der Waals surface area contributed by atoms with Crippen molar-refractivity contribution in [1.29, 1.82) is 0 Å². The van der Waals surface area contributed by atoms with Crippen molar-refractivity contribution in [3.8, 4) is 11.1 Å². The number of benzene rings is 2. The van der Waals surface area contributed by atoms with Gasteiger partial charge in [0.05, 0.1) is 16.1 Å². The van der Waals surface area contributed by atoms with Crippen molar-refractivity contribution >= 4 is 40.1 Å². The van der Waals surface area contributed by atoms with Gasteiger partial charge in [-0.15, -0.1) is 11.8 Å². The van der Waals surface area contributed by atoms with Gasteiger partial charge in [0.1, 0.15) is 17.5 Å². The molecule has 1 N–H and O–H groups in total. The minimum absolute atomic E-state index is 0.0209. The summed E-state index contributed by atoms with van der Waals surface area (Å²) < 4.78 is 75.0. The number of halogens is 6. The summed E-state index contributed by atoms with van der Waals surface area (Å²) in [5, 5.41) is 3.09. The van der Waals surface area contributed by atoms with E-state index in [4.69, 9.17) is 11.6 Å². The van der Waals surface area contributed by atoms with Gasteiger partial charge in [-0.1, -0.05) is 18.0 Å². The number of anilines is 1. The summed E-state index contributed by atoms with van der Waals surface area (Å²) in [6.45, 7) is 5.15. The highest BCUT2D eigenvalue weighted by Crippen LogP contribution is 2.54. The van der Waals surface area contributed by atoms with Crippen LogP contribution in [0.5, 0.6) is 0 Å².